The third-order valence-electron chi connectivity index (χ3n) is 5.52. The molecule has 0 saturated carbocycles. The number of halogens is 5. The van der Waals surface area contributed by atoms with Crippen molar-refractivity contribution in [2.75, 3.05) is 6.54 Å². The van der Waals surface area contributed by atoms with Gasteiger partial charge in [0.25, 0.3) is 10.0 Å². The van der Waals surface area contributed by atoms with Crippen LogP contribution in [-0.4, -0.2) is 59.2 Å². The van der Waals surface area contributed by atoms with E-state index in [9.17, 15) is 26.4 Å². The molecule has 1 aliphatic heterocycles. The van der Waals surface area contributed by atoms with Gasteiger partial charge < -0.3 is 15.7 Å². The smallest absolute Gasteiger partial charge is 0.475 e. The molecule has 9 nitrogen and oxygen atoms in total. The highest BCUT2D eigenvalue weighted by atomic mass is 35.5. The van der Waals surface area contributed by atoms with Gasteiger partial charge in [0.05, 0.1) is 9.90 Å². The molecule has 1 aromatic carbocycles. The molecule has 0 bridgehead atoms. The molecule has 17 heteroatoms. The first-order chi connectivity index (χ1) is 18.6. The third-order valence-corrected chi connectivity index (χ3v) is 10.7. The first-order valence-corrected chi connectivity index (χ1v) is 15.0. The zero-order chi connectivity index (χ0) is 29.8. The number of aliphatic carboxylic acids is 1. The molecule has 0 aliphatic carbocycles. The maximum Gasteiger partial charge on any atom is 0.490 e. The lowest BCUT2D eigenvalue weighted by atomic mass is 10.2. The van der Waals surface area contributed by atoms with Crippen molar-refractivity contribution in [2.45, 2.75) is 35.9 Å². The maximum absolute atomic E-state index is 13.6. The van der Waals surface area contributed by atoms with Crippen LogP contribution in [-0.2, 0) is 32.7 Å². The number of rotatable bonds is 8. The van der Waals surface area contributed by atoms with E-state index in [0.29, 0.717) is 24.4 Å². The summed E-state index contributed by atoms with van der Waals surface area (Å²) in [5.41, 5.74) is 7.16. The Morgan fingerprint density at radius 1 is 1.20 bits per heavy atom. The number of nitrogens with one attached hydrogen (secondary N) is 1. The van der Waals surface area contributed by atoms with E-state index in [0.717, 1.165) is 22.5 Å². The fourth-order valence-electron chi connectivity index (χ4n) is 3.66. The van der Waals surface area contributed by atoms with Crippen molar-refractivity contribution in [2.24, 2.45) is 5.73 Å². The Balaban J connectivity index is 0.000000559. The summed E-state index contributed by atoms with van der Waals surface area (Å²) < 4.78 is 60.4. The van der Waals surface area contributed by atoms with Crippen LogP contribution in [0.1, 0.15) is 22.4 Å². The van der Waals surface area contributed by atoms with Crippen LogP contribution in [0.3, 0.4) is 0 Å². The number of carboxylic acids is 1. The van der Waals surface area contributed by atoms with Gasteiger partial charge in [-0.2, -0.15) is 17.5 Å². The van der Waals surface area contributed by atoms with E-state index in [2.05, 4.69) is 0 Å². The monoisotopic (exact) mass is 656 g/mol. The number of benzene rings is 1. The quantitative estimate of drug-likeness (QED) is 0.229. The third kappa shape index (κ3) is 7.73. The van der Waals surface area contributed by atoms with Crippen LogP contribution in [0.2, 0.25) is 9.36 Å². The number of carbonyl (C=O) groups is 2. The van der Waals surface area contributed by atoms with Crippen molar-refractivity contribution >= 4 is 73.6 Å². The summed E-state index contributed by atoms with van der Waals surface area (Å²) in [4.78, 5) is 24.5. The highest BCUT2D eigenvalue weighted by Gasteiger charge is 2.42. The number of alkyl halides is 3. The number of amides is 1. The lowest BCUT2D eigenvalue weighted by Gasteiger charge is -2.27. The zero-order valence-electron chi connectivity index (χ0n) is 20.2. The van der Waals surface area contributed by atoms with Gasteiger partial charge in [-0.3, -0.25) is 10.2 Å². The fraction of sp³-hybridized carbons (Fsp3) is 0.261. The second-order valence-corrected chi connectivity index (χ2v) is 13.4. The molecule has 1 atom stereocenters. The van der Waals surface area contributed by atoms with Crippen molar-refractivity contribution in [1.82, 2.24) is 9.21 Å². The Morgan fingerprint density at radius 2 is 1.82 bits per heavy atom. The van der Waals surface area contributed by atoms with Gasteiger partial charge in [-0.05, 0) is 35.1 Å². The SMILES string of the molecule is N=C(N)c1cc(CN2CC[C@H](N(Cc3ccccc3)S(=O)(=O)c3cc(Cl)c(Cl)s3)C2=O)cs1.O=C(O)C(F)(F)F. The Kier molecular flexibility index (Phi) is 10.2. The predicted molar refractivity (Wildman–Crippen MR) is 146 cm³/mol. The summed E-state index contributed by atoms with van der Waals surface area (Å²) in [6, 6.07) is 11.4. The Hall–Kier alpha value is -2.69. The summed E-state index contributed by atoms with van der Waals surface area (Å²) in [5.74, 6) is -3.04. The molecule has 1 fully saturated rings. The molecule has 1 saturated heterocycles. The van der Waals surface area contributed by atoms with E-state index >= 15 is 0 Å². The molecule has 3 aromatic rings. The van der Waals surface area contributed by atoms with Gasteiger partial charge in [0.15, 0.2) is 0 Å². The van der Waals surface area contributed by atoms with E-state index < -0.39 is 28.2 Å². The number of thiophene rings is 2. The number of amidine groups is 1. The van der Waals surface area contributed by atoms with E-state index in [1.807, 2.05) is 35.7 Å². The van der Waals surface area contributed by atoms with Gasteiger partial charge in [-0.1, -0.05) is 53.5 Å². The topological polar surface area (TPSA) is 145 Å². The fourth-order valence-corrected chi connectivity index (χ4v) is 8.04. The number of nitrogens with two attached hydrogens (primary N) is 1. The number of carbonyl (C=O) groups excluding carboxylic acids is 1. The average molecular weight is 658 g/mol. The molecule has 4 rings (SSSR count). The van der Waals surface area contributed by atoms with E-state index in [-0.39, 0.29) is 31.9 Å². The minimum Gasteiger partial charge on any atom is -0.475 e. The van der Waals surface area contributed by atoms with Gasteiger partial charge in [0.2, 0.25) is 5.91 Å². The molecule has 3 heterocycles. The van der Waals surface area contributed by atoms with Gasteiger partial charge >= 0.3 is 12.1 Å². The molecular formula is C23H21Cl2F3N4O5S3. The molecule has 4 N–H and O–H groups in total. The Morgan fingerprint density at radius 3 is 2.33 bits per heavy atom. The molecule has 0 unspecified atom stereocenters. The Bertz CT molecular complexity index is 1480. The summed E-state index contributed by atoms with van der Waals surface area (Å²) in [6.07, 6.45) is -4.72. The number of hydrogen-bond acceptors (Lipinski definition) is 7. The first-order valence-electron chi connectivity index (χ1n) is 11.1. The highest BCUT2D eigenvalue weighted by Crippen LogP contribution is 2.37. The van der Waals surface area contributed by atoms with E-state index in [1.165, 1.54) is 21.7 Å². The number of sulfonamides is 1. The van der Waals surface area contributed by atoms with Gasteiger partial charge in [0.1, 0.15) is 20.4 Å². The number of likely N-dealkylation sites (tertiary alicyclic amines) is 1. The van der Waals surface area contributed by atoms with Crippen LogP contribution >= 0.6 is 45.9 Å². The van der Waals surface area contributed by atoms with Crippen LogP contribution < -0.4 is 5.73 Å². The molecule has 1 amide bonds. The molecule has 216 valence electrons. The molecule has 0 spiro atoms. The van der Waals surface area contributed by atoms with Gasteiger partial charge in [-0.15, -0.1) is 22.7 Å². The highest BCUT2D eigenvalue weighted by molar-refractivity contribution is 7.91. The normalized spacial score (nSPS) is 15.7. The number of nitrogen functional groups attached to an aromatic ring is 1. The van der Waals surface area contributed by atoms with Crippen molar-refractivity contribution < 1.29 is 36.3 Å². The first kappa shape index (κ1) is 31.8. The van der Waals surface area contributed by atoms with Crippen LogP contribution in [0.25, 0.3) is 0 Å². The molecular weight excluding hydrogens is 636 g/mol. The van der Waals surface area contributed by atoms with Crippen molar-refractivity contribution in [3.05, 3.63) is 73.2 Å². The van der Waals surface area contributed by atoms with E-state index in [1.54, 1.807) is 11.0 Å². The van der Waals surface area contributed by atoms with Gasteiger partial charge in [0, 0.05) is 19.6 Å². The van der Waals surface area contributed by atoms with E-state index in [4.69, 9.17) is 44.2 Å². The second-order valence-electron chi connectivity index (χ2n) is 8.32. The van der Waals surface area contributed by atoms with Crippen LogP contribution in [0.5, 0.6) is 0 Å². The number of carboxylic acid groups (broad SMARTS) is 1. The summed E-state index contributed by atoms with van der Waals surface area (Å²) >= 11 is 14.3. The minimum atomic E-state index is -5.08. The Labute approximate surface area is 245 Å². The van der Waals surface area contributed by atoms with Crippen LogP contribution in [0.4, 0.5) is 13.2 Å². The molecule has 2 aromatic heterocycles. The van der Waals surface area contributed by atoms with Crippen LogP contribution in [0, 0.1) is 5.41 Å². The second kappa shape index (κ2) is 12.9. The minimum absolute atomic E-state index is 0.00335. The van der Waals surface area contributed by atoms with Crippen LogP contribution in [0.15, 0.2) is 52.1 Å². The molecule has 0 radical (unpaired) electrons. The maximum atomic E-state index is 13.6. The van der Waals surface area contributed by atoms with Crippen molar-refractivity contribution in [1.29, 1.82) is 5.41 Å². The lowest BCUT2D eigenvalue weighted by molar-refractivity contribution is -0.192. The molecule has 40 heavy (non-hydrogen) atoms. The van der Waals surface area contributed by atoms with Gasteiger partial charge in [-0.25, -0.2) is 13.2 Å². The standard InChI is InChI=1S/C21H20Cl2N4O3S3.C2HF3O2/c22-15-9-18(32-19(15)23)33(29,30)27(11-13-4-2-1-3-5-13)16-6-7-26(21(16)28)10-14-8-17(20(24)25)31-12-14;3-2(4,5)1(6)7/h1-5,8-9,12,16H,6-7,10-11H2,(H3,24,25);(H,6,7)/t16-;/m0./s1. The number of hydrogen-bond donors (Lipinski definition) is 3. The zero-order valence-corrected chi connectivity index (χ0v) is 24.2. The summed E-state index contributed by atoms with van der Waals surface area (Å²) in [6.45, 7) is 0.796. The van der Waals surface area contributed by atoms with Crippen molar-refractivity contribution in [3.8, 4) is 0 Å². The number of nitrogens with zero attached hydrogens (tertiary/aromatic N) is 2. The summed E-state index contributed by atoms with van der Waals surface area (Å²) in [7, 11) is -4.03. The summed E-state index contributed by atoms with van der Waals surface area (Å²) in [5, 5.41) is 16.7. The average Bonchev–Trinajstić information content (AvgIpc) is 3.58. The predicted octanol–water partition coefficient (Wildman–Crippen LogP) is 5.03. The molecule has 1 aliphatic rings. The lowest BCUT2D eigenvalue weighted by Crippen LogP contribution is -2.44. The largest absolute Gasteiger partial charge is 0.490 e. The van der Waals surface area contributed by atoms with Crippen molar-refractivity contribution in [3.63, 3.8) is 0 Å².